The van der Waals surface area contributed by atoms with E-state index in [1.165, 1.54) is 12.1 Å². The molecule has 0 aliphatic rings. The topological polar surface area (TPSA) is 63.8 Å². The quantitative estimate of drug-likeness (QED) is 0.232. The number of anilines is 1. The van der Waals surface area contributed by atoms with E-state index in [-0.39, 0.29) is 17.2 Å². The molecule has 10 heteroatoms. The van der Waals surface area contributed by atoms with Gasteiger partial charge in [-0.3, -0.25) is 4.98 Å². The molecule has 0 bridgehead atoms. The first-order chi connectivity index (χ1) is 16.6. The van der Waals surface area contributed by atoms with Gasteiger partial charge in [-0.15, -0.1) is 0 Å². The van der Waals surface area contributed by atoms with Crippen LogP contribution in [0.1, 0.15) is 17.5 Å². The van der Waals surface area contributed by atoms with Crippen molar-refractivity contribution in [3.63, 3.8) is 0 Å². The number of nitrogens with zero attached hydrogens (tertiary/aromatic N) is 2. The molecule has 0 saturated carbocycles. The highest BCUT2D eigenvalue weighted by molar-refractivity contribution is 5.92. The Labute approximate surface area is 196 Å². The fourth-order valence-corrected chi connectivity index (χ4v) is 3.62. The van der Waals surface area contributed by atoms with E-state index in [0.717, 1.165) is 11.8 Å². The zero-order valence-corrected chi connectivity index (χ0v) is 18.2. The maximum absolute atomic E-state index is 13.2. The Kier molecular flexibility index (Phi) is 6.66. The smallest absolute Gasteiger partial charge is 0.369 e. The first-order valence-electron chi connectivity index (χ1n) is 10.7. The molecule has 0 amide bonds. The molecule has 0 fully saturated rings. The Morgan fingerprint density at radius 1 is 0.771 bits per heavy atom. The molecule has 0 aliphatic carbocycles. The minimum atomic E-state index is -4.91. The Morgan fingerprint density at radius 2 is 1.40 bits per heavy atom. The van der Waals surface area contributed by atoms with Crippen LogP contribution >= 0.6 is 0 Å². The monoisotopic (exact) mass is 490 g/mol. The van der Waals surface area contributed by atoms with Gasteiger partial charge in [0, 0.05) is 23.7 Å². The Balaban J connectivity index is 1.73. The third-order valence-electron chi connectivity index (χ3n) is 5.37. The third kappa shape index (κ3) is 5.54. The second-order valence-corrected chi connectivity index (χ2v) is 7.87. The van der Waals surface area contributed by atoms with Gasteiger partial charge in [0.25, 0.3) is 0 Å². The van der Waals surface area contributed by atoms with E-state index in [9.17, 15) is 26.3 Å². The minimum Gasteiger partial charge on any atom is -0.369 e. The lowest BCUT2D eigenvalue weighted by molar-refractivity contribution is -0.143. The maximum Gasteiger partial charge on any atom is 0.416 e. The molecule has 2 heterocycles. The summed E-state index contributed by atoms with van der Waals surface area (Å²) in [5, 5.41) is 4.05. The molecule has 2 aromatic carbocycles. The lowest BCUT2D eigenvalue weighted by atomic mass is 9.97. The SMILES string of the molecule is NCCCNc1nc(-c2ccc(-c3cc(C(F)(F)F)cc(C(F)(F)F)c3)cc2)cc2ncccc12. The minimum absolute atomic E-state index is 0.114. The fourth-order valence-electron chi connectivity index (χ4n) is 3.62. The van der Waals surface area contributed by atoms with Crippen molar-refractivity contribution >= 4 is 16.7 Å². The molecule has 0 radical (unpaired) electrons. The summed E-state index contributed by atoms with van der Waals surface area (Å²) in [4.78, 5) is 9.02. The van der Waals surface area contributed by atoms with Gasteiger partial charge in [-0.2, -0.15) is 26.3 Å². The van der Waals surface area contributed by atoms with Crippen LogP contribution in [0.25, 0.3) is 33.3 Å². The van der Waals surface area contributed by atoms with Crippen LogP contribution in [0.2, 0.25) is 0 Å². The average molecular weight is 490 g/mol. The van der Waals surface area contributed by atoms with Gasteiger partial charge < -0.3 is 11.1 Å². The van der Waals surface area contributed by atoms with Gasteiger partial charge in [-0.25, -0.2) is 4.98 Å². The molecule has 4 aromatic rings. The highest BCUT2D eigenvalue weighted by Crippen LogP contribution is 2.39. The summed E-state index contributed by atoms with van der Waals surface area (Å²) in [6.07, 6.45) is -7.44. The third-order valence-corrected chi connectivity index (χ3v) is 5.37. The van der Waals surface area contributed by atoms with Crippen molar-refractivity contribution in [2.24, 2.45) is 5.73 Å². The molecule has 3 N–H and O–H groups in total. The number of rotatable bonds is 6. The second kappa shape index (κ2) is 9.53. The van der Waals surface area contributed by atoms with Crippen molar-refractivity contribution in [1.29, 1.82) is 0 Å². The van der Waals surface area contributed by atoms with E-state index in [0.29, 0.717) is 47.8 Å². The summed E-state index contributed by atoms with van der Waals surface area (Å²) in [5.74, 6) is 0.607. The van der Waals surface area contributed by atoms with Crippen molar-refractivity contribution in [3.05, 3.63) is 78.0 Å². The molecule has 0 spiro atoms. The summed E-state index contributed by atoms with van der Waals surface area (Å²) < 4.78 is 79.3. The van der Waals surface area contributed by atoms with Gasteiger partial charge >= 0.3 is 12.4 Å². The second-order valence-electron chi connectivity index (χ2n) is 7.87. The molecule has 35 heavy (non-hydrogen) atoms. The van der Waals surface area contributed by atoms with Crippen LogP contribution in [0.15, 0.2) is 66.9 Å². The number of halogens is 6. The molecule has 0 aliphatic heterocycles. The van der Waals surface area contributed by atoms with Gasteiger partial charge in [0.15, 0.2) is 0 Å². The number of fused-ring (bicyclic) bond motifs is 1. The lowest BCUT2D eigenvalue weighted by Crippen LogP contribution is -2.11. The number of alkyl halides is 6. The predicted octanol–water partition coefficient (Wildman–Crippen LogP) is 6.76. The van der Waals surface area contributed by atoms with E-state index in [2.05, 4.69) is 15.3 Å². The number of nitrogens with one attached hydrogen (secondary N) is 1. The standard InChI is InChI=1S/C25H20F6N4/c26-24(27,28)18-11-17(12-19(13-18)25(29,30)31)15-4-6-16(7-5-15)21-14-22-20(3-1-9-33-22)23(35-21)34-10-2-8-32/h1,3-7,9,11-14H,2,8,10,32H2,(H,34,35). The van der Waals surface area contributed by atoms with E-state index >= 15 is 0 Å². The number of hydrogen-bond acceptors (Lipinski definition) is 4. The number of aromatic nitrogens is 2. The van der Waals surface area contributed by atoms with Crippen molar-refractivity contribution in [2.45, 2.75) is 18.8 Å². The maximum atomic E-state index is 13.2. The summed E-state index contributed by atoms with van der Waals surface area (Å²) in [5.41, 5.74) is 4.74. The van der Waals surface area contributed by atoms with Crippen molar-refractivity contribution in [2.75, 3.05) is 18.4 Å². The van der Waals surface area contributed by atoms with Crippen molar-refractivity contribution < 1.29 is 26.3 Å². The molecule has 4 nitrogen and oxygen atoms in total. The molecular weight excluding hydrogens is 470 g/mol. The first-order valence-corrected chi connectivity index (χ1v) is 10.7. The van der Waals surface area contributed by atoms with Gasteiger partial charge in [-0.1, -0.05) is 24.3 Å². The zero-order valence-electron chi connectivity index (χ0n) is 18.2. The van der Waals surface area contributed by atoms with Gasteiger partial charge in [0.1, 0.15) is 5.82 Å². The van der Waals surface area contributed by atoms with Crippen LogP contribution in [0.4, 0.5) is 32.2 Å². The van der Waals surface area contributed by atoms with Crippen LogP contribution in [0, 0.1) is 0 Å². The van der Waals surface area contributed by atoms with Gasteiger partial charge in [0.05, 0.1) is 22.3 Å². The van der Waals surface area contributed by atoms with Gasteiger partial charge in [0.2, 0.25) is 0 Å². The molecule has 182 valence electrons. The van der Waals surface area contributed by atoms with E-state index in [1.54, 1.807) is 30.5 Å². The molecule has 4 rings (SSSR count). The summed E-state index contributed by atoms with van der Waals surface area (Å²) in [7, 11) is 0. The van der Waals surface area contributed by atoms with E-state index in [4.69, 9.17) is 5.73 Å². The zero-order chi connectivity index (χ0) is 25.2. The van der Waals surface area contributed by atoms with E-state index < -0.39 is 23.5 Å². The molecule has 2 aromatic heterocycles. The molecule has 0 saturated heterocycles. The van der Waals surface area contributed by atoms with Crippen LogP contribution in [0.5, 0.6) is 0 Å². The first kappa shape index (κ1) is 24.5. The number of benzene rings is 2. The van der Waals surface area contributed by atoms with E-state index in [1.807, 2.05) is 6.07 Å². The average Bonchev–Trinajstić information content (AvgIpc) is 2.83. The summed E-state index contributed by atoms with van der Waals surface area (Å²) in [6, 6.07) is 13.1. The molecule has 0 atom stereocenters. The largest absolute Gasteiger partial charge is 0.416 e. The Bertz CT molecular complexity index is 1300. The van der Waals surface area contributed by atoms with Crippen LogP contribution in [-0.4, -0.2) is 23.1 Å². The molecule has 0 unspecified atom stereocenters. The summed E-state index contributed by atoms with van der Waals surface area (Å²) >= 11 is 0. The number of pyridine rings is 2. The van der Waals surface area contributed by atoms with Crippen LogP contribution in [-0.2, 0) is 12.4 Å². The summed E-state index contributed by atoms with van der Waals surface area (Å²) in [6.45, 7) is 1.11. The van der Waals surface area contributed by atoms with Crippen molar-refractivity contribution in [1.82, 2.24) is 9.97 Å². The molecular formula is C25H20F6N4. The Morgan fingerprint density at radius 3 is 2.00 bits per heavy atom. The highest BCUT2D eigenvalue weighted by Gasteiger charge is 2.37. The predicted molar refractivity (Wildman–Crippen MR) is 123 cm³/mol. The normalized spacial score (nSPS) is 12.2. The van der Waals surface area contributed by atoms with Gasteiger partial charge in [-0.05, 0) is 60.5 Å². The number of nitrogens with two attached hydrogens (primary N) is 1. The Hall–Kier alpha value is -3.66. The number of hydrogen-bond donors (Lipinski definition) is 2. The lowest BCUT2D eigenvalue weighted by Gasteiger charge is -2.15. The van der Waals surface area contributed by atoms with Crippen LogP contribution < -0.4 is 11.1 Å². The van der Waals surface area contributed by atoms with Crippen molar-refractivity contribution in [3.8, 4) is 22.4 Å². The van der Waals surface area contributed by atoms with Crippen LogP contribution in [0.3, 0.4) is 0 Å². The fraction of sp³-hybridized carbons (Fsp3) is 0.200. The highest BCUT2D eigenvalue weighted by atomic mass is 19.4.